The van der Waals surface area contributed by atoms with Crippen LogP contribution in [0.2, 0.25) is 0 Å². The highest BCUT2D eigenvalue weighted by Gasteiger charge is 2.22. The third-order valence-electron chi connectivity index (χ3n) is 4.38. The largest absolute Gasteiger partial charge is 0.396 e. The first-order valence-corrected chi connectivity index (χ1v) is 8.38. The molecule has 1 aromatic heterocycles. The van der Waals surface area contributed by atoms with E-state index in [2.05, 4.69) is 16.5 Å². The van der Waals surface area contributed by atoms with Crippen LogP contribution in [0.15, 0.2) is 36.5 Å². The van der Waals surface area contributed by atoms with E-state index in [0.717, 1.165) is 25.1 Å². The zero-order valence-electron chi connectivity index (χ0n) is 13.9. The van der Waals surface area contributed by atoms with Crippen molar-refractivity contribution in [3.8, 4) is 11.8 Å². The van der Waals surface area contributed by atoms with Crippen LogP contribution in [0.25, 0.3) is 5.69 Å². The summed E-state index contributed by atoms with van der Waals surface area (Å²) in [5.41, 5.74) is 1.10. The molecule has 25 heavy (non-hydrogen) atoms. The van der Waals surface area contributed by atoms with Gasteiger partial charge in [-0.3, -0.25) is 9.69 Å². The molecule has 7 nitrogen and oxygen atoms in total. The Kier molecular flexibility index (Phi) is 5.43. The van der Waals surface area contributed by atoms with E-state index in [1.807, 2.05) is 35.2 Å². The molecule has 0 saturated carbocycles. The van der Waals surface area contributed by atoms with Gasteiger partial charge in [0.1, 0.15) is 11.6 Å². The lowest BCUT2D eigenvalue weighted by molar-refractivity contribution is -0.117. The third kappa shape index (κ3) is 4.05. The summed E-state index contributed by atoms with van der Waals surface area (Å²) in [4.78, 5) is 14.5. The summed E-state index contributed by atoms with van der Waals surface area (Å²) in [6.07, 6.45) is 3.42. The number of likely N-dealkylation sites (tertiary alicyclic amines) is 1. The van der Waals surface area contributed by atoms with Gasteiger partial charge in [0.25, 0.3) is 0 Å². The van der Waals surface area contributed by atoms with Gasteiger partial charge in [0, 0.05) is 13.2 Å². The molecule has 1 atom stereocenters. The number of aliphatic hydroxyl groups is 1. The number of benzene rings is 1. The van der Waals surface area contributed by atoms with Crippen LogP contribution in [0.4, 0.5) is 5.82 Å². The molecular formula is C18H21N5O2. The Bertz CT molecular complexity index is 766. The lowest BCUT2D eigenvalue weighted by Crippen LogP contribution is -2.41. The quantitative estimate of drug-likeness (QED) is 0.858. The molecule has 1 amide bonds. The third-order valence-corrected chi connectivity index (χ3v) is 4.38. The minimum atomic E-state index is -0.187. The van der Waals surface area contributed by atoms with E-state index in [4.69, 9.17) is 0 Å². The number of nitriles is 1. The Morgan fingerprint density at radius 2 is 2.20 bits per heavy atom. The molecule has 3 rings (SSSR count). The Hall–Kier alpha value is -2.69. The lowest BCUT2D eigenvalue weighted by Gasteiger charge is -2.31. The molecule has 1 aliphatic heterocycles. The SMILES string of the molecule is N#Cc1cnn(-c2ccccc2)c1NC(=O)CN1CCCC(CO)C1. The van der Waals surface area contributed by atoms with Crippen molar-refractivity contribution in [2.24, 2.45) is 5.92 Å². The van der Waals surface area contributed by atoms with Crippen LogP contribution in [0.1, 0.15) is 18.4 Å². The van der Waals surface area contributed by atoms with Gasteiger partial charge in [-0.15, -0.1) is 0 Å². The van der Waals surface area contributed by atoms with Crippen LogP contribution >= 0.6 is 0 Å². The van der Waals surface area contributed by atoms with Crippen molar-refractivity contribution in [3.05, 3.63) is 42.1 Å². The van der Waals surface area contributed by atoms with Gasteiger partial charge in [-0.25, -0.2) is 4.68 Å². The van der Waals surface area contributed by atoms with Gasteiger partial charge in [0.05, 0.1) is 18.4 Å². The van der Waals surface area contributed by atoms with Gasteiger partial charge in [-0.2, -0.15) is 10.4 Å². The number of carbonyl (C=O) groups excluding carboxylic acids is 1. The van der Waals surface area contributed by atoms with Crippen LogP contribution in [0.5, 0.6) is 0 Å². The second kappa shape index (κ2) is 7.92. The van der Waals surface area contributed by atoms with Crippen molar-refractivity contribution in [2.45, 2.75) is 12.8 Å². The second-order valence-electron chi connectivity index (χ2n) is 6.24. The molecule has 0 spiro atoms. The number of nitrogens with zero attached hydrogens (tertiary/aromatic N) is 4. The molecule has 1 unspecified atom stereocenters. The number of rotatable bonds is 5. The van der Waals surface area contributed by atoms with Crippen molar-refractivity contribution < 1.29 is 9.90 Å². The Morgan fingerprint density at radius 1 is 1.40 bits per heavy atom. The molecular weight excluding hydrogens is 318 g/mol. The smallest absolute Gasteiger partial charge is 0.239 e. The fourth-order valence-electron chi connectivity index (χ4n) is 3.13. The zero-order chi connectivity index (χ0) is 17.6. The first kappa shape index (κ1) is 17.1. The van der Waals surface area contributed by atoms with Gasteiger partial charge >= 0.3 is 0 Å². The molecule has 7 heteroatoms. The summed E-state index contributed by atoms with van der Waals surface area (Å²) in [5.74, 6) is 0.424. The van der Waals surface area contributed by atoms with E-state index >= 15 is 0 Å². The van der Waals surface area contributed by atoms with Crippen molar-refractivity contribution in [1.29, 1.82) is 5.26 Å². The summed E-state index contributed by atoms with van der Waals surface area (Å²) in [6.45, 7) is 1.94. The van der Waals surface area contributed by atoms with Gasteiger partial charge in [0.15, 0.2) is 5.82 Å². The van der Waals surface area contributed by atoms with Crippen LogP contribution in [0, 0.1) is 17.2 Å². The van der Waals surface area contributed by atoms with Crippen molar-refractivity contribution in [2.75, 3.05) is 31.6 Å². The Labute approximate surface area is 146 Å². The summed E-state index contributed by atoms with van der Waals surface area (Å²) in [6, 6.07) is 11.4. The van der Waals surface area contributed by atoms with Crippen molar-refractivity contribution >= 4 is 11.7 Å². The average molecular weight is 339 g/mol. The number of carbonyl (C=O) groups is 1. The van der Waals surface area contributed by atoms with E-state index < -0.39 is 0 Å². The highest BCUT2D eigenvalue weighted by Crippen LogP contribution is 2.20. The monoisotopic (exact) mass is 339 g/mol. The summed E-state index contributed by atoms with van der Waals surface area (Å²) in [7, 11) is 0. The normalized spacial score (nSPS) is 17.8. The summed E-state index contributed by atoms with van der Waals surface area (Å²) >= 11 is 0. The number of hydrogen-bond donors (Lipinski definition) is 2. The first-order chi connectivity index (χ1) is 12.2. The first-order valence-electron chi connectivity index (χ1n) is 8.38. The molecule has 2 aromatic rings. The number of aromatic nitrogens is 2. The van der Waals surface area contributed by atoms with Crippen LogP contribution in [-0.4, -0.2) is 51.9 Å². The molecule has 0 radical (unpaired) electrons. The second-order valence-corrected chi connectivity index (χ2v) is 6.24. The number of piperidine rings is 1. The molecule has 1 fully saturated rings. The molecule has 1 aromatic carbocycles. The van der Waals surface area contributed by atoms with Crippen LogP contribution in [0.3, 0.4) is 0 Å². The van der Waals surface area contributed by atoms with Crippen LogP contribution in [-0.2, 0) is 4.79 Å². The molecule has 130 valence electrons. The van der Waals surface area contributed by atoms with E-state index in [9.17, 15) is 15.2 Å². The molecule has 1 aliphatic rings. The minimum Gasteiger partial charge on any atom is -0.396 e. The lowest BCUT2D eigenvalue weighted by atomic mass is 9.99. The number of anilines is 1. The van der Waals surface area contributed by atoms with Crippen molar-refractivity contribution in [3.63, 3.8) is 0 Å². The van der Waals surface area contributed by atoms with Crippen molar-refractivity contribution in [1.82, 2.24) is 14.7 Å². The Balaban J connectivity index is 1.73. The topological polar surface area (TPSA) is 94.2 Å². The average Bonchev–Trinajstić information content (AvgIpc) is 3.05. The van der Waals surface area contributed by atoms with Gasteiger partial charge in [-0.05, 0) is 37.4 Å². The predicted octanol–water partition coefficient (Wildman–Crippen LogP) is 1.39. The molecule has 2 N–H and O–H groups in total. The number of para-hydroxylation sites is 1. The van der Waals surface area contributed by atoms with Gasteiger partial charge < -0.3 is 10.4 Å². The maximum atomic E-state index is 12.5. The predicted molar refractivity (Wildman–Crippen MR) is 93.2 cm³/mol. The Morgan fingerprint density at radius 3 is 2.92 bits per heavy atom. The number of aliphatic hydroxyl groups excluding tert-OH is 1. The number of hydrogen-bond acceptors (Lipinski definition) is 5. The molecule has 0 bridgehead atoms. The number of amides is 1. The summed E-state index contributed by atoms with van der Waals surface area (Å²) in [5, 5.41) is 25.6. The van der Waals surface area contributed by atoms with E-state index in [1.54, 1.807) is 4.68 Å². The van der Waals surface area contributed by atoms with E-state index in [1.165, 1.54) is 6.20 Å². The standard InChI is InChI=1S/C18H21N5O2/c19-9-15-10-20-23(16-6-2-1-3-7-16)18(15)21-17(25)12-22-8-4-5-14(11-22)13-24/h1-3,6-7,10,14,24H,4-5,8,11-13H2,(H,21,25). The molecule has 2 heterocycles. The molecule has 1 saturated heterocycles. The summed E-state index contributed by atoms with van der Waals surface area (Å²) < 4.78 is 1.56. The zero-order valence-corrected chi connectivity index (χ0v) is 13.9. The van der Waals surface area contributed by atoms with Gasteiger partial charge in [0.2, 0.25) is 5.91 Å². The van der Waals surface area contributed by atoms with E-state index in [0.29, 0.717) is 17.9 Å². The molecule has 0 aliphatic carbocycles. The highest BCUT2D eigenvalue weighted by molar-refractivity contribution is 5.92. The maximum absolute atomic E-state index is 12.5. The fourth-order valence-corrected chi connectivity index (χ4v) is 3.13. The minimum absolute atomic E-state index is 0.150. The highest BCUT2D eigenvalue weighted by atomic mass is 16.3. The fraction of sp³-hybridized carbons (Fsp3) is 0.389. The van der Waals surface area contributed by atoms with Gasteiger partial charge in [-0.1, -0.05) is 18.2 Å². The maximum Gasteiger partial charge on any atom is 0.239 e. The van der Waals surface area contributed by atoms with E-state index in [-0.39, 0.29) is 25.0 Å². The number of nitrogens with one attached hydrogen (secondary N) is 1. The van der Waals surface area contributed by atoms with Crippen LogP contribution < -0.4 is 5.32 Å².